The zero-order valence-corrected chi connectivity index (χ0v) is 10.6. The normalized spacial score (nSPS) is 10.2. The van der Waals surface area contributed by atoms with Crippen molar-refractivity contribution in [3.8, 4) is 0 Å². The van der Waals surface area contributed by atoms with Crippen molar-refractivity contribution in [2.75, 3.05) is 12.8 Å². The molecule has 0 aliphatic carbocycles. The second kappa shape index (κ2) is 6.11. The highest BCUT2D eigenvalue weighted by Gasteiger charge is 2.09. The molecule has 1 aromatic rings. The Kier molecular flexibility index (Phi) is 5.09. The lowest BCUT2D eigenvalue weighted by atomic mass is 10.2. The van der Waals surface area contributed by atoms with E-state index in [2.05, 4.69) is 12.6 Å². The number of thiol groups is 1. The predicted molar refractivity (Wildman–Crippen MR) is 66.4 cm³/mol. The smallest absolute Gasteiger partial charge is 0.223 e. The fraction of sp³-hybridized carbons (Fsp3) is 0.364. The van der Waals surface area contributed by atoms with Crippen molar-refractivity contribution in [1.82, 2.24) is 4.90 Å². The van der Waals surface area contributed by atoms with Crippen LogP contribution in [0, 0.1) is 5.82 Å². The summed E-state index contributed by atoms with van der Waals surface area (Å²) in [5.74, 6) is 0.0816. The number of nitrogens with zero attached hydrogens (tertiary/aromatic N) is 1. The molecule has 1 aromatic carbocycles. The number of hydrogen-bond donors (Lipinski definition) is 1. The third-order valence-corrected chi connectivity index (χ3v) is 2.67. The Morgan fingerprint density at radius 3 is 2.81 bits per heavy atom. The molecule has 0 N–H and O–H groups in total. The van der Waals surface area contributed by atoms with Crippen molar-refractivity contribution in [3.05, 3.63) is 34.6 Å². The molecule has 2 nitrogen and oxygen atoms in total. The minimum absolute atomic E-state index is 0.00967. The van der Waals surface area contributed by atoms with Gasteiger partial charge in [-0.3, -0.25) is 4.79 Å². The van der Waals surface area contributed by atoms with Gasteiger partial charge in [0.1, 0.15) is 5.82 Å². The van der Waals surface area contributed by atoms with Crippen molar-refractivity contribution in [2.45, 2.75) is 13.0 Å². The third-order valence-electron chi connectivity index (χ3n) is 2.16. The highest BCUT2D eigenvalue weighted by Crippen LogP contribution is 2.17. The first kappa shape index (κ1) is 13.3. The maximum absolute atomic E-state index is 12.9. The van der Waals surface area contributed by atoms with Crippen LogP contribution in [0.5, 0.6) is 0 Å². The summed E-state index contributed by atoms with van der Waals surface area (Å²) in [6, 6.07) is 4.45. The highest BCUT2D eigenvalue weighted by atomic mass is 35.5. The van der Waals surface area contributed by atoms with Gasteiger partial charge in [-0.15, -0.1) is 0 Å². The van der Waals surface area contributed by atoms with Crippen molar-refractivity contribution < 1.29 is 9.18 Å². The minimum Gasteiger partial charge on any atom is -0.341 e. The van der Waals surface area contributed by atoms with Gasteiger partial charge < -0.3 is 4.90 Å². The van der Waals surface area contributed by atoms with Gasteiger partial charge in [0.25, 0.3) is 0 Å². The second-order valence-electron chi connectivity index (χ2n) is 3.47. The van der Waals surface area contributed by atoms with Gasteiger partial charge in [-0.25, -0.2) is 4.39 Å². The monoisotopic (exact) mass is 261 g/mol. The molecule has 0 spiro atoms. The summed E-state index contributed by atoms with van der Waals surface area (Å²) in [7, 11) is 1.70. The van der Waals surface area contributed by atoms with E-state index in [4.69, 9.17) is 11.6 Å². The van der Waals surface area contributed by atoms with E-state index in [9.17, 15) is 9.18 Å². The summed E-state index contributed by atoms with van der Waals surface area (Å²) in [5, 5.41) is 0.0764. The van der Waals surface area contributed by atoms with E-state index in [1.165, 1.54) is 12.1 Å². The lowest BCUT2D eigenvalue weighted by Crippen LogP contribution is -2.26. The summed E-state index contributed by atoms with van der Waals surface area (Å²) in [5.41, 5.74) is 0.807. The maximum atomic E-state index is 12.9. The van der Waals surface area contributed by atoms with Crippen LogP contribution in [0.15, 0.2) is 18.2 Å². The summed E-state index contributed by atoms with van der Waals surface area (Å²) in [6.45, 7) is 0.423. The molecule has 0 bridgehead atoms. The fourth-order valence-electron chi connectivity index (χ4n) is 1.29. The van der Waals surface area contributed by atoms with Crippen molar-refractivity contribution >= 4 is 30.1 Å². The standard InChI is InChI=1S/C11H13ClFNOS/c1-14(11(15)4-5-16)7-8-2-3-10(13)9(12)6-8/h2-3,6,16H,4-5,7H2,1H3. The summed E-state index contributed by atoms with van der Waals surface area (Å²) < 4.78 is 12.9. The van der Waals surface area contributed by atoms with Crippen LogP contribution in [0.3, 0.4) is 0 Å². The summed E-state index contributed by atoms with van der Waals surface area (Å²) >= 11 is 9.64. The Morgan fingerprint density at radius 1 is 1.56 bits per heavy atom. The largest absolute Gasteiger partial charge is 0.341 e. The lowest BCUT2D eigenvalue weighted by molar-refractivity contribution is -0.129. The van der Waals surface area contributed by atoms with Crippen molar-refractivity contribution in [3.63, 3.8) is 0 Å². The molecule has 0 atom stereocenters. The molecule has 0 fully saturated rings. The van der Waals surface area contributed by atoms with Gasteiger partial charge in [-0.05, 0) is 23.4 Å². The Hall–Kier alpha value is -0.740. The lowest BCUT2D eigenvalue weighted by Gasteiger charge is -2.16. The Morgan fingerprint density at radius 2 is 2.25 bits per heavy atom. The van der Waals surface area contributed by atoms with E-state index in [-0.39, 0.29) is 10.9 Å². The van der Waals surface area contributed by atoms with Crippen LogP contribution >= 0.6 is 24.2 Å². The molecule has 0 heterocycles. The fourth-order valence-corrected chi connectivity index (χ4v) is 1.68. The zero-order valence-electron chi connectivity index (χ0n) is 8.91. The van der Waals surface area contributed by atoms with Crippen LogP contribution in [0.1, 0.15) is 12.0 Å². The van der Waals surface area contributed by atoms with E-state index >= 15 is 0 Å². The molecule has 0 aliphatic heterocycles. The van der Waals surface area contributed by atoms with Gasteiger partial charge >= 0.3 is 0 Å². The molecule has 88 valence electrons. The summed E-state index contributed by atoms with van der Waals surface area (Å²) in [4.78, 5) is 13.0. The van der Waals surface area contributed by atoms with Gasteiger partial charge in [0.2, 0.25) is 5.91 Å². The molecule has 5 heteroatoms. The zero-order chi connectivity index (χ0) is 12.1. The molecule has 0 aliphatic rings. The molecule has 16 heavy (non-hydrogen) atoms. The van der Waals surface area contributed by atoms with Gasteiger partial charge in [-0.2, -0.15) is 12.6 Å². The van der Waals surface area contributed by atoms with Gasteiger partial charge in [0, 0.05) is 20.0 Å². The Balaban J connectivity index is 2.66. The number of amides is 1. The van der Waals surface area contributed by atoms with E-state index in [0.29, 0.717) is 18.7 Å². The average molecular weight is 262 g/mol. The number of benzene rings is 1. The number of halogens is 2. The van der Waals surface area contributed by atoms with Crippen LogP contribution in [-0.2, 0) is 11.3 Å². The first-order valence-electron chi connectivity index (χ1n) is 4.83. The van der Waals surface area contributed by atoms with Crippen molar-refractivity contribution in [2.24, 2.45) is 0 Å². The molecule has 1 amide bonds. The number of carbonyl (C=O) groups excluding carboxylic acids is 1. The van der Waals surface area contributed by atoms with Gasteiger partial charge in [0.15, 0.2) is 0 Å². The minimum atomic E-state index is -0.449. The highest BCUT2D eigenvalue weighted by molar-refractivity contribution is 7.80. The molecule has 0 saturated heterocycles. The number of carbonyl (C=O) groups is 1. The quantitative estimate of drug-likeness (QED) is 0.827. The molecular weight excluding hydrogens is 249 g/mol. The Labute approximate surface area is 105 Å². The van der Waals surface area contributed by atoms with Crippen LogP contribution in [0.25, 0.3) is 0 Å². The number of hydrogen-bond acceptors (Lipinski definition) is 2. The maximum Gasteiger partial charge on any atom is 0.223 e. The van der Waals surface area contributed by atoms with Gasteiger partial charge in [0.05, 0.1) is 5.02 Å². The molecular formula is C11H13ClFNOS. The first-order valence-corrected chi connectivity index (χ1v) is 5.84. The van der Waals surface area contributed by atoms with E-state index < -0.39 is 5.82 Å². The Bertz CT molecular complexity index is 386. The van der Waals surface area contributed by atoms with Crippen LogP contribution in [0.2, 0.25) is 5.02 Å². The van der Waals surface area contributed by atoms with Crippen LogP contribution in [0.4, 0.5) is 4.39 Å². The SMILES string of the molecule is CN(Cc1ccc(F)c(Cl)c1)C(=O)CCS. The molecule has 1 rings (SSSR count). The van der Waals surface area contributed by atoms with Crippen molar-refractivity contribution in [1.29, 1.82) is 0 Å². The molecule has 0 unspecified atom stereocenters. The van der Waals surface area contributed by atoms with Gasteiger partial charge in [-0.1, -0.05) is 17.7 Å². The second-order valence-corrected chi connectivity index (χ2v) is 4.33. The first-order chi connectivity index (χ1) is 7.54. The van der Waals surface area contributed by atoms with Crippen LogP contribution in [-0.4, -0.2) is 23.6 Å². The molecule has 0 saturated carbocycles. The topological polar surface area (TPSA) is 20.3 Å². The van der Waals surface area contributed by atoms with E-state index in [1.54, 1.807) is 18.0 Å². The van der Waals surface area contributed by atoms with Crippen LogP contribution < -0.4 is 0 Å². The predicted octanol–water partition coefficient (Wildman–Crippen LogP) is 2.76. The average Bonchev–Trinajstić information content (AvgIpc) is 2.24. The van der Waals surface area contributed by atoms with E-state index in [0.717, 1.165) is 5.56 Å². The third kappa shape index (κ3) is 3.68. The molecule has 0 radical (unpaired) electrons. The molecule has 0 aromatic heterocycles. The number of rotatable bonds is 4. The summed E-state index contributed by atoms with van der Waals surface area (Å²) in [6.07, 6.45) is 0.397. The van der Waals surface area contributed by atoms with E-state index in [1.807, 2.05) is 0 Å².